The van der Waals surface area contributed by atoms with Gasteiger partial charge in [0.1, 0.15) is 0 Å². The summed E-state index contributed by atoms with van der Waals surface area (Å²) in [6.45, 7) is 0. The Hall–Kier alpha value is -0.960. The van der Waals surface area contributed by atoms with E-state index in [4.69, 9.17) is 0 Å². The molecule has 3 rings (SSSR count). The predicted octanol–water partition coefficient (Wildman–Crippen LogP) is 1.83. The molecule has 3 heteroatoms. The Morgan fingerprint density at radius 1 is 1.36 bits per heavy atom. The molecule has 3 atom stereocenters. The lowest BCUT2D eigenvalue weighted by Gasteiger charge is -2.19. The lowest BCUT2D eigenvalue weighted by molar-refractivity contribution is 0.502. The Morgan fingerprint density at radius 2 is 2.29 bits per heavy atom. The Kier molecular flexibility index (Phi) is 1.80. The van der Waals surface area contributed by atoms with Crippen molar-refractivity contribution in [1.29, 1.82) is 0 Å². The van der Waals surface area contributed by atoms with E-state index in [-0.39, 0.29) is 5.95 Å². The highest BCUT2D eigenvalue weighted by Gasteiger charge is 2.39. The number of hydrogen-bond donors (Lipinski definition) is 1. The molecule has 1 N–H and O–H groups in total. The molecule has 0 unspecified atom stereocenters. The lowest BCUT2D eigenvalue weighted by atomic mass is 9.85. The van der Waals surface area contributed by atoms with Gasteiger partial charge in [0.05, 0.1) is 0 Å². The van der Waals surface area contributed by atoms with Crippen LogP contribution in [0.5, 0.6) is 0 Å². The summed E-state index contributed by atoms with van der Waals surface area (Å²) < 4.78 is 12.6. The average Bonchev–Trinajstić information content (AvgIpc) is 2.80. The van der Waals surface area contributed by atoms with Crippen molar-refractivity contribution in [2.24, 2.45) is 0 Å². The Balaban J connectivity index is 1.86. The summed E-state index contributed by atoms with van der Waals surface area (Å²) in [5.74, 6) is 0.173. The number of nitrogens with one attached hydrogen (secondary N) is 1. The highest BCUT2D eigenvalue weighted by atomic mass is 19.1. The number of fused-ring (bicyclic) bond motifs is 2. The molecule has 14 heavy (non-hydrogen) atoms. The maximum absolute atomic E-state index is 12.6. The summed E-state index contributed by atoms with van der Waals surface area (Å²) in [6.07, 6.45) is 5.43. The summed E-state index contributed by atoms with van der Waals surface area (Å²) in [5.41, 5.74) is 1.19. The number of halogens is 1. The van der Waals surface area contributed by atoms with Gasteiger partial charge in [-0.2, -0.15) is 4.39 Å². The molecule has 3 heterocycles. The van der Waals surface area contributed by atoms with Crippen LogP contribution in [0.25, 0.3) is 0 Å². The first-order valence-electron chi connectivity index (χ1n) is 5.20. The van der Waals surface area contributed by atoms with E-state index < -0.39 is 0 Å². The van der Waals surface area contributed by atoms with Crippen LogP contribution in [-0.2, 0) is 0 Å². The standard InChI is InChI=1S/C11H13FN2/c12-11-4-1-7(6-13-11)9-5-8-2-3-10(9)14-8/h1,4,6,8-10,14H,2-3,5H2/t8-,9+,10+/m0/s1. The zero-order valence-corrected chi connectivity index (χ0v) is 7.91. The van der Waals surface area contributed by atoms with Crippen LogP contribution in [0.4, 0.5) is 4.39 Å². The van der Waals surface area contributed by atoms with E-state index in [0.717, 1.165) is 0 Å². The van der Waals surface area contributed by atoms with Gasteiger partial charge in [0.25, 0.3) is 0 Å². The molecule has 0 aliphatic carbocycles. The summed E-state index contributed by atoms with van der Waals surface area (Å²) in [4.78, 5) is 3.71. The van der Waals surface area contributed by atoms with Crippen molar-refractivity contribution in [2.45, 2.75) is 37.3 Å². The van der Waals surface area contributed by atoms with Gasteiger partial charge in [0, 0.05) is 24.2 Å². The van der Waals surface area contributed by atoms with Gasteiger partial charge in [-0.15, -0.1) is 0 Å². The highest BCUT2D eigenvalue weighted by Crippen LogP contribution is 2.39. The molecule has 0 saturated carbocycles. The van der Waals surface area contributed by atoms with Gasteiger partial charge in [-0.3, -0.25) is 0 Å². The van der Waals surface area contributed by atoms with Crippen LogP contribution in [0.15, 0.2) is 18.3 Å². The van der Waals surface area contributed by atoms with Gasteiger partial charge in [0.15, 0.2) is 0 Å². The summed E-state index contributed by atoms with van der Waals surface area (Å²) in [5, 5.41) is 3.57. The Labute approximate surface area is 82.5 Å². The molecular formula is C11H13FN2. The van der Waals surface area contributed by atoms with E-state index in [1.54, 1.807) is 6.20 Å². The topological polar surface area (TPSA) is 24.9 Å². The second kappa shape index (κ2) is 3.02. The van der Waals surface area contributed by atoms with E-state index in [1.165, 1.54) is 30.9 Å². The summed E-state index contributed by atoms with van der Waals surface area (Å²) in [6, 6.07) is 4.62. The first-order valence-corrected chi connectivity index (χ1v) is 5.20. The average molecular weight is 192 g/mol. The number of pyridine rings is 1. The molecule has 1 aromatic heterocycles. The van der Waals surface area contributed by atoms with Crippen LogP contribution in [0.3, 0.4) is 0 Å². The third-order valence-electron chi connectivity index (χ3n) is 3.48. The molecule has 74 valence electrons. The van der Waals surface area contributed by atoms with Crippen LogP contribution < -0.4 is 5.32 Å². The predicted molar refractivity (Wildman–Crippen MR) is 51.5 cm³/mol. The van der Waals surface area contributed by atoms with Crippen molar-refractivity contribution in [3.8, 4) is 0 Å². The van der Waals surface area contributed by atoms with Crippen molar-refractivity contribution in [3.63, 3.8) is 0 Å². The van der Waals surface area contributed by atoms with Crippen LogP contribution in [-0.4, -0.2) is 17.1 Å². The fourth-order valence-electron chi connectivity index (χ4n) is 2.80. The van der Waals surface area contributed by atoms with E-state index in [2.05, 4.69) is 10.3 Å². The van der Waals surface area contributed by atoms with Gasteiger partial charge < -0.3 is 5.32 Å². The molecule has 1 aromatic rings. The van der Waals surface area contributed by atoms with E-state index in [9.17, 15) is 4.39 Å². The Morgan fingerprint density at radius 3 is 2.86 bits per heavy atom. The zero-order chi connectivity index (χ0) is 9.54. The minimum Gasteiger partial charge on any atom is -0.311 e. The fraction of sp³-hybridized carbons (Fsp3) is 0.545. The molecule has 2 saturated heterocycles. The number of hydrogen-bond acceptors (Lipinski definition) is 2. The maximum Gasteiger partial charge on any atom is 0.212 e. The lowest BCUT2D eigenvalue weighted by Crippen LogP contribution is -2.21. The third kappa shape index (κ3) is 1.23. The van der Waals surface area contributed by atoms with E-state index in [1.807, 2.05) is 6.07 Å². The van der Waals surface area contributed by atoms with Crippen LogP contribution in [0.1, 0.15) is 30.7 Å². The SMILES string of the molecule is Fc1ccc([C@H]2C[C@@H]3CC[C@H]2N3)cn1. The van der Waals surface area contributed by atoms with Crippen LogP contribution in [0.2, 0.25) is 0 Å². The Bertz CT molecular complexity index is 336. The minimum atomic E-state index is -0.384. The van der Waals surface area contributed by atoms with Crippen molar-refractivity contribution in [2.75, 3.05) is 0 Å². The number of rotatable bonds is 1. The van der Waals surface area contributed by atoms with Crippen molar-refractivity contribution >= 4 is 0 Å². The molecule has 2 fully saturated rings. The number of aromatic nitrogens is 1. The highest BCUT2D eigenvalue weighted by molar-refractivity contribution is 5.22. The second-order valence-electron chi connectivity index (χ2n) is 4.30. The van der Waals surface area contributed by atoms with Gasteiger partial charge >= 0.3 is 0 Å². The first-order chi connectivity index (χ1) is 6.83. The monoisotopic (exact) mass is 192 g/mol. The molecule has 2 aliphatic heterocycles. The quantitative estimate of drug-likeness (QED) is 0.687. The second-order valence-corrected chi connectivity index (χ2v) is 4.30. The normalized spacial score (nSPS) is 35.1. The largest absolute Gasteiger partial charge is 0.311 e. The van der Waals surface area contributed by atoms with Crippen molar-refractivity contribution in [3.05, 3.63) is 29.8 Å². The van der Waals surface area contributed by atoms with Crippen LogP contribution in [0, 0.1) is 5.95 Å². The van der Waals surface area contributed by atoms with Crippen molar-refractivity contribution in [1.82, 2.24) is 10.3 Å². The summed E-state index contributed by atoms with van der Waals surface area (Å²) in [7, 11) is 0. The molecule has 2 nitrogen and oxygen atoms in total. The fourth-order valence-corrected chi connectivity index (χ4v) is 2.80. The molecular weight excluding hydrogens is 179 g/mol. The van der Waals surface area contributed by atoms with E-state index >= 15 is 0 Å². The maximum atomic E-state index is 12.6. The van der Waals surface area contributed by atoms with E-state index in [0.29, 0.717) is 18.0 Å². The minimum absolute atomic E-state index is 0.384. The first kappa shape index (κ1) is 8.36. The van der Waals surface area contributed by atoms with Gasteiger partial charge in [-0.05, 0) is 30.9 Å². The van der Waals surface area contributed by atoms with Crippen molar-refractivity contribution < 1.29 is 4.39 Å². The van der Waals surface area contributed by atoms with Gasteiger partial charge in [-0.25, -0.2) is 4.98 Å². The molecule has 0 aromatic carbocycles. The number of nitrogens with zero attached hydrogens (tertiary/aromatic N) is 1. The smallest absolute Gasteiger partial charge is 0.212 e. The van der Waals surface area contributed by atoms with Gasteiger partial charge in [-0.1, -0.05) is 6.07 Å². The third-order valence-corrected chi connectivity index (χ3v) is 3.48. The molecule has 0 radical (unpaired) electrons. The molecule has 0 amide bonds. The van der Waals surface area contributed by atoms with Crippen LogP contribution >= 0.6 is 0 Å². The van der Waals surface area contributed by atoms with Gasteiger partial charge in [0.2, 0.25) is 5.95 Å². The summed E-state index contributed by atoms with van der Waals surface area (Å²) >= 11 is 0. The zero-order valence-electron chi connectivity index (χ0n) is 7.91. The molecule has 0 spiro atoms. The molecule has 2 bridgehead atoms. The molecule has 2 aliphatic rings.